The molecular weight excluding hydrogens is 236 g/mol. The Balaban J connectivity index is 1.97. The predicted molar refractivity (Wildman–Crippen MR) is 78.4 cm³/mol. The largest absolute Gasteiger partial charge is 0.350 e. The van der Waals surface area contributed by atoms with E-state index in [0.29, 0.717) is 12.0 Å². The Morgan fingerprint density at radius 1 is 1.26 bits per heavy atom. The minimum Gasteiger partial charge on any atom is -0.350 e. The van der Waals surface area contributed by atoms with E-state index in [1.165, 1.54) is 0 Å². The van der Waals surface area contributed by atoms with Crippen molar-refractivity contribution < 1.29 is 0 Å². The molecule has 1 aliphatic rings. The minimum absolute atomic E-state index is 0.490. The first-order valence-corrected chi connectivity index (χ1v) is 6.95. The number of benzene rings is 1. The molecule has 19 heavy (non-hydrogen) atoms. The van der Waals surface area contributed by atoms with Gasteiger partial charge in [-0.3, -0.25) is 4.98 Å². The van der Waals surface area contributed by atoms with Crippen molar-refractivity contribution in [2.24, 2.45) is 5.92 Å². The first-order valence-electron chi connectivity index (χ1n) is 6.95. The second-order valence-electron chi connectivity index (χ2n) is 5.43. The summed E-state index contributed by atoms with van der Waals surface area (Å²) in [6.45, 7) is 7.55. The topological polar surface area (TPSA) is 41.0 Å². The molecule has 1 aromatic heterocycles. The van der Waals surface area contributed by atoms with Gasteiger partial charge in [-0.15, -0.1) is 0 Å². The highest BCUT2D eigenvalue weighted by molar-refractivity contribution is 5.75. The molecule has 0 saturated carbocycles. The molecule has 0 aliphatic carbocycles. The van der Waals surface area contributed by atoms with Gasteiger partial charge in [0, 0.05) is 25.7 Å². The van der Waals surface area contributed by atoms with Crippen LogP contribution in [0.25, 0.3) is 11.0 Å². The number of fused-ring (bicyclic) bond motifs is 1. The summed E-state index contributed by atoms with van der Waals surface area (Å²) in [6, 6.07) is 8.53. The maximum absolute atomic E-state index is 4.77. The molecule has 1 aromatic carbocycles. The van der Waals surface area contributed by atoms with Crippen molar-refractivity contribution in [2.45, 2.75) is 19.9 Å². The van der Waals surface area contributed by atoms with Gasteiger partial charge in [-0.05, 0) is 18.1 Å². The highest BCUT2D eigenvalue weighted by Crippen LogP contribution is 2.21. The van der Waals surface area contributed by atoms with Crippen LogP contribution in [0.15, 0.2) is 30.5 Å². The first kappa shape index (κ1) is 12.4. The number of hydrogen-bond donors (Lipinski definition) is 1. The van der Waals surface area contributed by atoms with Gasteiger partial charge in [0.05, 0.1) is 17.2 Å². The summed E-state index contributed by atoms with van der Waals surface area (Å²) >= 11 is 0. The predicted octanol–water partition coefficient (Wildman–Crippen LogP) is 2.06. The fourth-order valence-electron chi connectivity index (χ4n) is 2.69. The number of piperazine rings is 1. The van der Waals surface area contributed by atoms with Crippen LogP contribution in [0, 0.1) is 5.92 Å². The number of hydrogen-bond acceptors (Lipinski definition) is 4. The van der Waals surface area contributed by atoms with Gasteiger partial charge >= 0.3 is 0 Å². The average Bonchev–Trinajstić information content (AvgIpc) is 2.46. The van der Waals surface area contributed by atoms with Gasteiger partial charge in [0.2, 0.25) is 0 Å². The van der Waals surface area contributed by atoms with Crippen LogP contribution in [0.5, 0.6) is 0 Å². The SMILES string of the molecule is CC(C)[C@H]1CNCCN1c1cnc2ccccc2n1. The zero-order valence-corrected chi connectivity index (χ0v) is 11.5. The van der Waals surface area contributed by atoms with Crippen LogP contribution in [0.4, 0.5) is 5.82 Å². The number of nitrogens with zero attached hydrogens (tertiary/aromatic N) is 3. The van der Waals surface area contributed by atoms with Crippen LogP contribution in [-0.2, 0) is 0 Å². The molecule has 100 valence electrons. The van der Waals surface area contributed by atoms with Crippen LogP contribution in [0.3, 0.4) is 0 Å². The minimum atomic E-state index is 0.490. The van der Waals surface area contributed by atoms with Gasteiger partial charge in [-0.1, -0.05) is 26.0 Å². The maximum atomic E-state index is 4.77. The summed E-state index contributed by atoms with van der Waals surface area (Å²) in [7, 11) is 0. The quantitative estimate of drug-likeness (QED) is 0.893. The molecule has 1 aliphatic heterocycles. The van der Waals surface area contributed by atoms with Crippen molar-refractivity contribution in [1.29, 1.82) is 0 Å². The molecule has 0 radical (unpaired) electrons. The summed E-state index contributed by atoms with van der Waals surface area (Å²) in [5, 5.41) is 3.46. The van der Waals surface area contributed by atoms with Gasteiger partial charge in [0.25, 0.3) is 0 Å². The van der Waals surface area contributed by atoms with Crippen LogP contribution in [-0.4, -0.2) is 35.6 Å². The molecule has 4 nitrogen and oxygen atoms in total. The number of nitrogens with one attached hydrogen (secondary N) is 1. The highest BCUT2D eigenvalue weighted by atomic mass is 15.3. The van der Waals surface area contributed by atoms with Crippen LogP contribution in [0.1, 0.15) is 13.8 Å². The number of anilines is 1. The van der Waals surface area contributed by atoms with Crippen molar-refractivity contribution >= 4 is 16.9 Å². The lowest BCUT2D eigenvalue weighted by Crippen LogP contribution is -2.54. The van der Waals surface area contributed by atoms with Gasteiger partial charge in [-0.2, -0.15) is 0 Å². The molecule has 4 heteroatoms. The molecule has 0 unspecified atom stereocenters. The molecule has 2 heterocycles. The third kappa shape index (κ3) is 2.40. The Morgan fingerprint density at radius 2 is 2.05 bits per heavy atom. The van der Waals surface area contributed by atoms with Crippen LogP contribution >= 0.6 is 0 Å². The van der Waals surface area contributed by atoms with Crippen LogP contribution in [0.2, 0.25) is 0 Å². The summed E-state index contributed by atoms with van der Waals surface area (Å²) in [4.78, 5) is 11.7. The Bertz CT molecular complexity index is 567. The van der Waals surface area contributed by atoms with E-state index in [4.69, 9.17) is 4.98 Å². The molecule has 1 saturated heterocycles. The maximum Gasteiger partial charge on any atom is 0.148 e. The van der Waals surface area contributed by atoms with Crippen LogP contribution < -0.4 is 10.2 Å². The first-order chi connectivity index (χ1) is 9.25. The fourth-order valence-corrected chi connectivity index (χ4v) is 2.69. The smallest absolute Gasteiger partial charge is 0.148 e. The monoisotopic (exact) mass is 256 g/mol. The standard InChI is InChI=1S/C15H20N4/c1-11(2)14-9-16-7-8-19(14)15-10-17-12-5-3-4-6-13(12)18-15/h3-6,10-11,14,16H,7-9H2,1-2H3/t14-/m1/s1. The van der Waals surface area contributed by atoms with Crippen molar-refractivity contribution in [1.82, 2.24) is 15.3 Å². The molecule has 1 fully saturated rings. The molecule has 0 bridgehead atoms. The van der Waals surface area contributed by atoms with E-state index in [0.717, 1.165) is 36.5 Å². The lowest BCUT2D eigenvalue weighted by molar-refractivity contribution is 0.388. The van der Waals surface area contributed by atoms with E-state index < -0.39 is 0 Å². The summed E-state index contributed by atoms with van der Waals surface area (Å²) in [5.41, 5.74) is 1.93. The third-order valence-corrected chi connectivity index (χ3v) is 3.78. The Morgan fingerprint density at radius 3 is 2.84 bits per heavy atom. The molecule has 0 amide bonds. The van der Waals surface area contributed by atoms with Crippen molar-refractivity contribution in [2.75, 3.05) is 24.5 Å². The molecule has 0 spiro atoms. The zero-order chi connectivity index (χ0) is 13.2. The van der Waals surface area contributed by atoms with Crippen molar-refractivity contribution in [3.63, 3.8) is 0 Å². The Kier molecular flexibility index (Phi) is 3.34. The number of rotatable bonds is 2. The molecule has 2 aromatic rings. The second-order valence-corrected chi connectivity index (χ2v) is 5.43. The number of aromatic nitrogens is 2. The zero-order valence-electron chi connectivity index (χ0n) is 11.5. The van der Waals surface area contributed by atoms with E-state index in [1.54, 1.807) is 0 Å². The fraction of sp³-hybridized carbons (Fsp3) is 0.467. The Hall–Kier alpha value is -1.68. The van der Waals surface area contributed by atoms with E-state index >= 15 is 0 Å². The Labute approximate surface area is 113 Å². The molecule has 1 atom stereocenters. The highest BCUT2D eigenvalue weighted by Gasteiger charge is 2.26. The van der Waals surface area contributed by atoms with Gasteiger partial charge in [0.1, 0.15) is 5.82 Å². The molecule has 3 rings (SSSR count). The normalized spacial score (nSPS) is 20.2. The second kappa shape index (κ2) is 5.13. The van der Waals surface area contributed by atoms with Gasteiger partial charge in [-0.25, -0.2) is 4.98 Å². The van der Waals surface area contributed by atoms with Crippen molar-refractivity contribution in [3.8, 4) is 0 Å². The average molecular weight is 256 g/mol. The van der Waals surface area contributed by atoms with E-state index in [-0.39, 0.29) is 0 Å². The molecule has 1 N–H and O–H groups in total. The van der Waals surface area contributed by atoms with E-state index in [2.05, 4.69) is 29.0 Å². The lowest BCUT2D eigenvalue weighted by Gasteiger charge is -2.39. The lowest BCUT2D eigenvalue weighted by atomic mass is 10.0. The van der Waals surface area contributed by atoms with E-state index in [1.807, 2.05) is 30.5 Å². The summed E-state index contributed by atoms with van der Waals surface area (Å²) in [6.07, 6.45) is 1.91. The van der Waals surface area contributed by atoms with E-state index in [9.17, 15) is 0 Å². The summed E-state index contributed by atoms with van der Waals surface area (Å²) < 4.78 is 0. The molecular formula is C15H20N4. The summed E-state index contributed by atoms with van der Waals surface area (Å²) in [5.74, 6) is 1.60. The van der Waals surface area contributed by atoms with Gasteiger partial charge in [0.15, 0.2) is 0 Å². The number of para-hydroxylation sites is 2. The van der Waals surface area contributed by atoms with Gasteiger partial charge < -0.3 is 10.2 Å². The van der Waals surface area contributed by atoms with Crippen molar-refractivity contribution in [3.05, 3.63) is 30.5 Å². The third-order valence-electron chi connectivity index (χ3n) is 3.78.